The molecule has 2 aromatic carbocycles. The number of methoxy groups -OCH3 is 1. The first-order chi connectivity index (χ1) is 21.5. The number of hydrogen-bond donors (Lipinski definition) is 1. The number of nitrogen functional groups attached to an aromatic ring is 1. The van der Waals surface area contributed by atoms with Crippen molar-refractivity contribution in [2.24, 2.45) is 5.92 Å². The summed E-state index contributed by atoms with van der Waals surface area (Å²) in [6, 6.07) is 16.9. The SMILES string of the molecule is COC(=O)c1c(-c2ccc(Oc3ccccc3)cc2)nc(C(CCO[Si](C)(C)C(C)(C)C)C2CCN(C(=O)OC(C)(C)C)C2)n1N. The van der Waals surface area contributed by atoms with Gasteiger partial charge in [-0.1, -0.05) is 39.0 Å². The maximum absolute atomic E-state index is 13.1. The van der Waals surface area contributed by atoms with Gasteiger partial charge in [-0.3, -0.25) is 0 Å². The van der Waals surface area contributed by atoms with E-state index in [1.165, 1.54) is 11.8 Å². The summed E-state index contributed by atoms with van der Waals surface area (Å²) in [5.41, 5.74) is 0.689. The van der Waals surface area contributed by atoms with E-state index >= 15 is 0 Å². The van der Waals surface area contributed by atoms with Crippen molar-refractivity contribution in [3.63, 3.8) is 0 Å². The van der Waals surface area contributed by atoms with Crippen LogP contribution in [0.1, 0.15) is 76.6 Å². The number of amides is 1. The smallest absolute Gasteiger partial charge is 0.410 e. The lowest BCUT2D eigenvalue weighted by atomic mass is 9.88. The van der Waals surface area contributed by atoms with Crippen molar-refractivity contribution in [3.05, 3.63) is 66.1 Å². The Kier molecular flexibility index (Phi) is 10.6. The molecule has 3 aromatic rings. The highest BCUT2D eigenvalue weighted by Gasteiger charge is 2.40. The molecule has 0 aliphatic carbocycles. The highest BCUT2D eigenvalue weighted by molar-refractivity contribution is 6.74. The van der Waals surface area contributed by atoms with E-state index in [9.17, 15) is 9.59 Å². The second kappa shape index (κ2) is 13.9. The van der Waals surface area contributed by atoms with Crippen LogP contribution in [0.4, 0.5) is 4.79 Å². The zero-order valence-electron chi connectivity index (χ0n) is 28.8. The number of imidazole rings is 1. The molecular weight excluding hydrogens is 600 g/mol. The monoisotopic (exact) mass is 650 g/mol. The Hall–Kier alpha value is -3.83. The van der Waals surface area contributed by atoms with Gasteiger partial charge in [0.15, 0.2) is 14.0 Å². The van der Waals surface area contributed by atoms with Crippen LogP contribution in [0.25, 0.3) is 11.3 Å². The van der Waals surface area contributed by atoms with Crippen molar-refractivity contribution in [2.45, 2.75) is 84.0 Å². The Morgan fingerprint density at radius 2 is 1.63 bits per heavy atom. The molecule has 1 amide bonds. The first kappa shape index (κ1) is 35.0. The molecule has 1 aliphatic rings. The summed E-state index contributed by atoms with van der Waals surface area (Å²) >= 11 is 0. The highest BCUT2D eigenvalue weighted by atomic mass is 28.4. The molecule has 0 radical (unpaired) electrons. The van der Waals surface area contributed by atoms with Gasteiger partial charge in [0.2, 0.25) is 0 Å². The van der Waals surface area contributed by atoms with Gasteiger partial charge in [0, 0.05) is 31.2 Å². The molecule has 2 heterocycles. The average Bonchev–Trinajstić information content (AvgIpc) is 3.60. The Morgan fingerprint density at radius 1 is 1.00 bits per heavy atom. The van der Waals surface area contributed by atoms with Gasteiger partial charge in [-0.2, -0.15) is 0 Å². The number of ether oxygens (including phenoxy) is 3. The number of nitrogens with zero attached hydrogens (tertiary/aromatic N) is 3. The average molecular weight is 651 g/mol. The van der Waals surface area contributed by atoms with E-state index in [4.69, 9.17) is 29.5 Å². The molecule has 1 aromatic heterocycles. The molecule has 0 saturated carbocycles. The third-order valence-corrected chi connectivity index (χ3v) is 13.4. The molecular formula is C35H50N4O6Si. The molecule has 1 saturated heterocycles. The van der Waals surface area contributed by atoms with Crippen LogP contribution < -0.4 is 10.6 Å². The van der Waals surface area contributed by atoms with Crippen LogP contribution in [0.3, 0.4) is 0 Å². The van der Waals surface area contributed by atoms with Crippen molar-refractivity contribution in [2.75, 3.05) is 32.6 Å². The van der Waals surface area contributed by atoms with Gasteiger partial charge in [-0.05, 0) is 94.1 Å². The fourth-order valence-corrected chi connectivity index (χ4v) is 6.41. The summed E-state index contributed by atoms with van der Waals surface area (Å²) in [5, 5.41) is 0.0529. The van der Waals surface area contributed by atoms with Crippen molar-refractivity contribution in [1.29, 1.82) is 0 Å². The lowest BCUT2D eigenvalue weighted by Crippen LogP contribution is -2.41. The second-order valence-corrected chi connectivity index (χ2v) is 19.3. The summed E-state index contributed by atoms with van der Waals surface area (Å²) in [7, 11) is -0.700. The molecule has 46 heavy (non-hydrogen) atoms. The summed E-state index contributed by atoms with van der Waals surface area (Å²) in [5.74, 6) is 7.88. The van der Waals surface area contributed by atoms with E-state index < -0.39 is 19.9 Å². The van der Waals surface area contributed by atoms with Gasteiger partial charge >= 0.3 is 12.1 Å². The number of hydrogen-bond acceptors (Lipinski definition) is 8. The lowest BCUT2D eigenvalue weighted by molar-refractivity contribution is 0.0285. The molecule has 2 atom stereocenters. The fourth-order valence-electron chi connectivity index (χ4n) is 5.35. The minimum Gasteiger partial charge on any atom is -0.464 e. The molecule has 2 N–H and O–H groups in total. The quantitative estimate of drug-likeness (QED) is 0.135. The van der Waals surface area contributed by atoms with Crippen molar-refractivity contribution < 1.29 is 28.2 Å². The van der Waals surface area contributed by atoms with Crippen molar-refractivity contribution in [3.8, 4) is 22.8 Å². The number of rotatable bonds is 10. The van der Waals surface area contributed by atoms with E-state index in [1.54, 1.807) is 4.90 Å². The standard InChI is InChI=1S/C35H50N4O6Si/c1-34(2,3)45-33(41)38-21-19-25(23-38)28(20-22-43-46(8,9)35(4,5)6)31-37-29(30(39(31)36)32(40)42-7)24-15-17-27(18-16-24)44-26-13-11-10-12-14-26/h10-18,25,28H,19-23,36H2,1-9H3. The number of para-hydroxylation sites is 1. The number of carbonyl (C=O) groups excluding carboxylic acids is 2. The molecule has 1 aliphatic heterocycles. The summed E-state index contributed by atoms with van der Waals surface area (Å²) in [6.07, 6.45) is 1.03. The van der Waals surface area contributed by atoms with Gasteiger partial charge in [-0.15, -0.1) is 0 Å². The first-order valence-corrected chi connectivity index (χ1v) is 18.8. The molecule has 2 unspecified atom stereocenters. The number of likely N-dealkylation sites (tertiary alicyclic amines) is 1. The molecule has 0 bridgehead atoms. The van der Waals surface area contributed by atoms with Gasteiger partial charge in [-0.25, -0.2) is 19.2 Å². The Labute approximate surface area is 274 Å². The maximum atomic E-state index is 13.1. The van der Waals surface area contributed by atoms with Crippen LogP contribution in [-0.4, -0.2) is 67.3 Å². The van der Waals surface area contributed by atoms with Crippen LogP contribution in [0.2, 0.25) is 18.1 Å². The third kappa shape index (κ3) is 8.30. The lowest BCUT2D eigenvalue weighted by Gasteiger charge is -2.36. The fraction of sp³-hybridized carbons (Fsp3) is 0.514. The molecule has 10 nitrogen and oxygen atoms in total. The minimum absolute atomic E-state index is 0.0280. The molecule has 4 rings (SSSR count). The zero-order valence-corrected chi connectivity index (χ0v) is 29.8. The summed E-state index contributed by atoms with van der Waals surface area (Å²) in [4.78, 5) is 32.9. The number of esters is 1. The second-order valence-electron chi connectivity index (χ2n) is 14.4. The van der Waals surface area contributed by atoms with Crippen molar-refractivity contribution >= 4 is 20.4 Å². The van der Waals surface area contributed by atoms with Crippen LogP contribution in [0.15, 0.2) is 54.6 Å². The Bertz CT molecular complexity index is 1490. The van der Waals surface area contributed by atoms with E-state index in [2.05, 4.69) is 33.9 Å². The predicted molar refractivity (Wildman–Crippen MR) is 182 cm³/mol. The topological polar surface area (TPSA) is 118 Å². The molecule has 250 valence electrons. The van der Waals surface area contributed by atoms with E-state index in [-0.39, 0.29) is 28.7 Å². The highest BCUT2D eigenvalue weighted by Crippen LogP contribution is 2.40. The number of aromatic nitrogens is 2. The zero-order chi connectivity index (χ0) is 33.9. The normalized spacial score (nSPS) is 16.3. The van der Waals surface area contributed by atoms with Crippen LogP contribution in [-0.2, 0) is 13.9 Å². The molecule has 11 heteroatoms. The van der Waals surface area contributed by atoms with Gasteiger partial charge in [0.25, 0.3) is 0 Å². The van der Waals surface area contributed by atoms with E-state index in [0.717, 1.165) is 12.2 Å². The number of nitrogens with two attached hydrogens (primary N) is 1. The van der Waals surface area contributed by atoms with Crippen LogP contribution in [0.5, 0.6) is 11.5 Å². The largest absolute Gasteiger partial charge is 0.464 e. The third-order valence-electron chi connectivity index (χ3n) is 8.90. The molecule has 0 spiro atoms. The minimum atomic E-state index is -2.03. The van der Waals surface area contributed by atoms with Gasteiger partial charge in [0.1, 0.15) is 28.6 Å². The maximum Gasteiger partial charge on any atom is 0.410 e. The van der Waals surface area contributed by atoms with Gasteiger partial charge in [0.05, 0.1) is 7.11 Å². The molecule has 1 fully saturated rings. The Balaban J connectivity index is 1.68. The summed E-state index contributed by atoms with van der Waals surface area (Å²) < 4.78 is 24.7. The van der Waals surface area contributed by atoms with Crippen LogP contribution >= 0.6 is 0 Å². The van der Waals surface area contributed by atoms with Crippen LogP contribution in [0, 0.1) is 5.92 Å². The number of benzene rings is 2. The van der Waals surface area contributed by atoms with E-state index in [1.807, 2.05) is 75.4 Å². The Morgan fingerprint density at radius 3 is 2.22 bits per heavy atom. The predicted octanol–water partition coefficient (Wildman–Crippen LogP) is 7.60. The van der Waals surface area contributed by atoms with Crippen molar-refractivity contribution in [1.82, 2.24) is 14.6 Å². The van der Waals surface area contributed by atoms with E-state index in [0.29, 0.717) is 48.9 Å². The number of carbonyl (C=O) groups is 2. The summed E-state index contributed by atoms with van der Waals surface area (Å²) in [6.45, 7) is 18.2. The van der Waals surface area contributed by atoms with Gasteiger partial charge < -0.3 is 29.4 Å². The first-order valence-electron chi connectivity index (χ1n) is 15.9.